The summed E-state index contributed by atoms with van der Waals surface area (Å²) >= 11 is 0. The van der Waals surface area contributed by atoms with Crippen LogP contribution < -0.4 is 10.9 Å². The minimum atomic E-state index is -0.296. The fraction of sp³-hybridized carbons (Fsp3) is 0.533. The molecule has 1 aliphatic carbocycles. The molecular formula is C15H20N4O2. The first-order valence-electron chi connectivity index (χ1n) is 7.40. The van der Waals surface area contributed by atoms with E-state index in [1.54, 1.807) is 13.2 Å². The van der Waals surface area contributed by atoms with Crippen LogP contribution in [0.3, 0.4) is 0 Å². The maximum Gasteiger partial charge on any atom is 0.324 e. The highest BCUT2D eigenvalue weighted by Crippen LogP contribution is 2.38. The predicted molar refractivity (Wildman–Crippen MR) is 80.2 cm³/mol. The minimum Gasteiger partial charge on any atom is -0.314 e. The van der Waals surface area contributed by atoms with Crippen LogP contribution in [0.5, 0.6) is 0 Å². The van der Waals surface area contributed by atoms with Gasteiger partial charge in [-0.3, -0.25) is 10.1 Å². The van der Waals surface area contributed by atoms with Crippen molar-refractivity contribution in [3.05, 3.63) is 34.9 Å². The number of nitrogens with one attached hydrogen (secondary N) is 1. The molecule has 2 aliphatic rings. The molecule has 2 amide bonds. The Morgan fingerprint density at radius 1 is 1.33 bits per heavy atom. The Bertz CT molecular complexity index is 629. The van der Waals surface area contributed by atoms with Crippen molar-refractivity contribution in [2.45, 2.75) is 37.6 Å². The lowest BCUT2D eigenvalue weighted by molar-refractivity contribution is 0.142. The highest BCUT2D eigenvalue weighted by Gasteiger charge is 2.41. The highest BCUT2D eigenvalue weighted by molar-refractivity contribution is 5.89. The number of hydrogen-bond donors (Lipinski definition) is 1. The number of amides is 2. The molecule has 6 heteroatoms. The van der Waals surface area contributed by atoms with Crippen LogP contribution in [0.1, 0.15) is 32.1 Å². The number of aromatic nitrogens is 2. The van der Waals surface area contributed by atoms with Crippen molar-refractivity contribution in [3.8, 4) is 0 Å². The Labute approximate surface area is 123 Å². The lowest BCUT2D eigenvalue weighted by Crippen LogP contribution is -2.51. The van der Waals surface area contributed by atoms with Crippen LogP contribution in [0, 0.1) is 0 Å². The first-order chi connectivity index (χ1) is 10.1. The van der Waals surface area contributed by atoms with Gasteiger partial charge < -0.3 is 9.47 Å². The third kappa shape index (κ3) is 2.46. The summed E-state index contributed by atoms with van der Waals surface area (Å²) < 4.78 is 1.40. The number of anilines is 1. The van der Waals surface area contributed by atoms with Crippen molar-refractivity contribution in [2.24, 2.45) is 7.05 Å². The van der Waals surface area contributed by atoms with Gasteiger partial charge in [0.25, 0.3) is 5.56 Å². The Morgan fingerprint density at radius 3 is 2.86 bits per heavy atom. The van der Waals surface area contributed by atoms with Crippen LogP contribution in [0.25, 0.3) is 0 Å². The summed E-state index contributed by atoms with van der Waals surface area (Å²) in [5, 5.41) is 2.67. The van der Waals surface area contributed by atoms with Gasteiger partial charge in [-0.05, 0) is 12.8 Å². The van der Waals surface area contributed by atoms with E-state index >= 15 is 0 Å². The molecule has 3 rings (SSSR count). The maximum absolute atomic E-state index is 12.5. The molecule has 0 saturated heterocycles. The SMILES string of the molecule is Cn1ccnc(NC(=O)N2CC=CC23CCCCC3)c1=O. The number of urea groups is 1. The van der Waals surface area contributed by atoms with E-state index in [1.165, 1.54) is 17.2 Å². The van der Waals surface area contributed by atoms with E-state index in [1.807, 2.05) is 11.0 Å². The summed E-state index contributed by atoms with van der Waals surface area (Å²) in [7, 11) is 1.64. The van der Waals surface area contributed by atoms with Crippen molar-refractivity contribution in [2.75, 3.05) is 11.9 Å². The molecule has 1 aromatic rings. The Hall–Kier alpha value is -2.11. The number of carbonyl (C=O) groups is 1. The van der Waals surface area contributed by atoms with Crippen molar-refractivity contribution >= 4 is 11.8 Å². The van der Waals surface area contributed by atoms with E-state index in [9.17, 15) is 9.59 Å². The van der Waals surface area contributed by atoms with Crippen LogP contribution in [-0.2, 0) is 7.05 Å². The van der Waals surface area contributed by atoms with Crippen molar-refractivity contribution in [1.29, 1.82) is 0 Å². The lowest BCUT2D eigenvalue weighted by atomic mass is 9.81. The topological polar surface area (TPSA) is 67.2 Å². The number of aryl methyl sites for hydroxylation is 1. The minimum absolute atomic E-state index is 0.0860. The van der Waals surface area contributed by atoms with Gasteiger partial charge in [-0.15, -0.1) is 0 Å². The lowest BCUT2D eigenvalue weighted by Gasteiger charge is -2.40. The molecule has 1 aromatic heterocycles. The quantitative estimate of drug-likeness (QED) is 0.802. The Morgan fingerprint density at radius 2 is 2.10 bits per heavy atom. The summed E-state index contributed by atoms with van der Waals surface area (Å²) in [6.07, 6.45) is 12.8. The molecule has 112 valence electrons. The van der Waals surface area contributed by atoms with Gasteiger partial charge >= 0.3 is 6.03 Å². The van der Waals surface area contributed by atoms with Crippen LogP contribution in [0.4, 0.5) is 10.6 Å². The third-order valence-corrected chi connectivity index (χ3v) is 4.46. The summed E-state index contributed by atoms with van der Waals surface area (Å²) in [5.74, 6) is 0.0860. The average molecular weight is 288 g/mol. The zero-order chi connectivity index (χ0) is 14.9. The third-order valence-electron chi connectivity index (χ3n) is 4.46. The Kier molecular flexibility index (Phi) is 3.53. The normalized spacial score (nSPS) is 20.0. The van der Waals surface area contributed by atoms with Crippen LogP contribution in [-0.4, -0.2) is 32.6 Å². The second-order valence-corrected chi connectivity index (χ2v) is 5.80. The second kappa shape index (κ2) is 5.35. The molecule has 2 heterocycles. The molecule has 1 N–H and O–H groups in total. The van der Waals surface area contributed by atoms with E-state index in [0.717, 1.165) is 25.7 Å². The molecule has 0 radical (unpaired) electrons. The van der Waals surface area contributed by atoms with Gasteiger partial charge in [-0.2, -0.15) is 0 Å². The first kappa shape index (κ1) is 13.9. The molecule has 0 bridgehead atoms. The molecule has 1 saturated carbocycles. The standard InChI is InChI=1S/C15H20N4O2/c1-18-11-9-16-12(13(18)20)17-14(21)19-10-5-8-15(19)6-3-2-4-7-15/h5,8-9,11H,2-4,6-7,10H2,1H3,(H,16,17,21). The largest absolute Gasteiger partial charge is 0.324 e. The smallest absolute Gasteiger partial charge is 0.314 e. The molecule has 0 unspecified atom stereocenters. The zero-order valence-corrected chi connectivity index (χ0v) is 12.2. The Balaban J connectivity index is 1.79. The van der Waals surface area contributed by atoms with Crippen LogP contribution >= 0.6 is 0 Å². The number of rotatable bonds is 1. The van der Waals surface area contributed by atoms with E-state index in [2.05, 4.69) is 16.4 Å². The average Bonchev–Trinajstić information content (AvgIpc) is 2.88. The number of nitrogens with zero attached hydrogens (tertiary/aromatic N) is 3. The number of carbonyl (C=O) groups excluding carboxylic acids is 1. The van der Waals surface area contributed by atoms with Gasteiger partial charge in [0.15, 0.2) is 0 Å². The second-order valence-electron chi connectivity index (χ2n) is 5.80. The van der Waals surface area contributed by atoms with Gasteiger partial charge in [0, 0.05) is 26.0 Å². The van der Waals surface area contributed by atoms with Gasteiger partial charge in [-0.1, -0.05) is 31.4 Å². The molecule has 6 nitrogen and oxygen atoms in total. The highest BCUT2D eigenvalue weighted by atomic mass is 16.2. The van der Waals surface area contributed by atoms with Crippen molar-refractivity contribution in [3.63, 3.8) is 0 Å². The van der Waals surface area contributed by atoms with Crippen LogP contribution in [0.15, 0.2) is 29.3 Å². The monoisotopic (exact) mass is 288 g/mol. The summed E-state index contributed by atoms with van der Waals surface area (Å²) in [5.41, 5.74) is -0.460. The van der Waals surface area contributed by atoms with E-state index in [4.69, 9.17) is 0 Å². The predicted octanol–water partition coefficient (Wildman–Crippen LogP) is 1.89. The maximum atomic E-state index is 12.5. The number of hydrogen-bond acceptors (Lipinski definition) is 3. The molecule has 1 spiro atoms. The van der Waals surface area contributed by atoms with E-state index in [-0.39, 0.29) is 22.9 Å². The summed E-state index contributed by atoms with van der Waals surface area (Å²) in [4.78, 5) is 30.3. The van der Waals surface area contributed by atoms with Gasteiger partial charge in [0.1, 0.15) is 0 Å². The first-order valence-corrected chi connectivity index (χ1v) is 7.40. The molecule has 1 aliphatic heterocycles. The molecular weight excluding hydrogens is 268 g/mol. The van der Waals surface area contributed by atoms with Crippen molar-refractivity contribution in [1.82, 2.24) is 14.5 Å². The fourth-order valence-electron chi connectivity index (χ4n) is 3.29. The zero-order valence-electron chi connectivity index (χ0n) is 12.2. The van der Waals surface area contributed by atoms with E-state index in [0.29, 0.717) is 6.54 Å². The molecule has 1 fully saturated rings. The van der Waals surface area contributed by atoms with Crippen LogP contribution in [0.2, 0.25) is 0 Å². The van der Waals surface area contributed by atoms with Gasteiger partial charge in [-0.25, -0.2) is 9.78 Å². The van der Waals surface area contributed by atoms with Crippen molar-refractivity contribution < 1.29 is 4.79 Å². The molecule has 0 atom stereocenters. The molecule has 21 heavy (non-hydrogen) atoms. The van der Waals surface area contributed by atoms with E-state index < -0.39 is 0 Å². The van der Waals surface area contributed by atoms with Gasteiger partial charge in [0.2, 0.25) is 5.82 Å². The summed E-state index contributed by atoms with van der Waals surface area (Å²) in [6, 6.07) is -0.238. The molecule has 0 aromatic carbocycles. The summed E-state index contributed by atoms with van der Waals surface area (Å²) in [6.45, 7) is 0.596. The fourth-order valence-corrected chi connectivity index (χ4v) is 3.29. The van der Waals surface area contributed by atoms with Gasteiger partial charge in [0.05, 0.1) is 5.54 Å².